The number of hydrogen-bond acceptors (Lipinski definition) is 3. The topological polar surface area (TPSA) is 49.4 Å². The van der Waals surface area contributed by atoms with Gasteiger partial charge in [-0.3, -0.25) is 9.59 Å². The Morgan fingerprint density at radius 2 is 1.85 bits per heavy atom. The van der Waals surface area contributed by atoms with Crippen LogP contribution in [0.1, 0.15) is 19.3 Å². The van der Waals surface area contributed by atoms with E-state index in [1.165, 1.54) is 11.8 Å². The lowest BCUT2D eigenvalue weighted by Crippen LogP contribution is -2.27. The van der Waals surface area contributed by atoms with Gasteiger partial charge in [0.1, 0.15) is 0 Å². The van der Waals surface area contributed by atoms with E-state index in [9.17, 15) is 9.59 Å². The molecule has 0 aromatic heterocycles. The monoisotopic (exact) mass is 292 g/mol. The minimum Gasteiger partial charge on any atom is -0.343 e. The summed E-state index contributed by atoms with van der Waals surface area (Å²) in [6.45, 7) is 1.80. The van der Waals surface area contributed by atoms with E-state index in [0.717, 1.165) is 31.6 Å². The second-order valence-corrected chi connectivity index (χ2v) is 5.91. The van der Waals surface area contributed by atoms with Gasteiger partial charge in [0.05, 0.1) is 5.75 Å². The molecule has 0 unspecified atom stereocenters. The van der Waals surface area contributed by atoms with Crippen LogP contribution < -0.4 is 5.32 Å². The molecule has 1 aliphatic rings. The lowest BCUT2D eigenvalue weighted by atomic mass is 10.3. The van der Waals surface area contributed by atoms with Crippen molar-refractivity contribution in [2.45, 2.75) is 19.3 Å². The van der Waals surface area contributed by atoms with Crippen LogP contribution in [0, 0.1) is 0 Å². The highest BCUT2D eigenvalue weighted by Crippen LogP contribution is 2.12. The Morgan fingerprint density at radius 1 is 1.15 bits per heavy atom. The Bertz CT molecular complexity index is 444. The third-order valence-electron chi connectivity index (χ3n) is 3.21. The minimum absolute atomic E-state index is 0.0187. The molecule has 20 heavy (non-hydrogen) atoms. The van der Waals surface area contributed by atoms with Crippen molar-refractivity contribution in [3.63, 3.8) is 0 Å². The number of benzene rings is 1. The first-order valence-corrected chi connectivity index (χ1v) is 8.11. The van der Waals surface area contributed by atoms with Crippen LogP contribution in [-0.4, -0.2) is 41.3 Å². The lowest BCUT2D eigenvalue weighted by molar-refractivity contribution is -0.129. The quantitative estimate of drug-likeness (QED) is 0.819. The van der Waals surface area contributed by atoms with E-state index < -0.39 is 0 Å². The van der Waals surface area contributed by atoms with Gasteiger partial charge in [-0.2, -0.15) is 11.8 Å². The van der Waals surface area contributed by atoms with Gasteiger partial charge in [0, 0.05) is 31.0 Å². The second kappa shape index (κ2) is 7.94. The highest BCUT2D eigenvalue weighted by molar-refractivity contribution is 7.99. The molecule has 1 fully saturated rings. The summed E-state index contributed by atoms with van der Waals surface area (Å²) < 4.78 is 0. The lowest BCUT2D eigenvalue weighted by Gasteiger charge is -2.14. The maximum absolute atomic E-state index is 11.8. The Morgan fingerprint density at radius 3 is 2.55 bits per heavy atom. The molecule has 1 aliphatic heterocycles. The third kappa shape index (κ3) is 4.89. The maximum atomic E-state index is 11.8. The summed E-state index contributed by atoms with van der Waals surface area (Å²) in [6, 6.07) is 9.41. The van der Waals surface area contributed by atoms with Gasteiger partial charge in [-0.15, -0.1) is 0 Å². The highest BCUT2D eigenvalue weighted by atomic mass is 32.2. The van der Waals surface area contributed by atoms with Crippen molar-refractivity contribution in [3.05, 3.63) is 30.3 Å². The van der Waals surface area contributed by atoms with E-state index in [1.54, 1.807) is 0 Å². The normalized spacial score (nSPS) is 14.3. The summed E-state index contributed by atoms with van der Waals surface area (Å²) in [5.74, 6) is 1.30. The average molecular weight is 292 g/mol. The molecule has 0 saturated carbocycles. The molecule has 4 nitrogen and oxygen atoms in total. The fraction of sp³-hybridized carbons (Fsp3) is 0.467. The number of nitrogens with zero attached hydrogens (tertiary/aromatic N) is 1. The Balaban J connectivity index is 1.58. The molecule has 1 aromatic carbocycles. The van der Waals surface area contributed by atoms with Gasteiger partial charge in [0.2, 0.25) is 11.8 Å². The molecule has 2 rings (SSSR count). The van der Waals surface area contributed by atoms with E-state index >= 15 is 0 Å². The Labute approximate surface area is 123 Å². The molecule has 0 bridgehead atoms. The summed E-state index contributed by atoms with van der Waals surface area (Å²) in [5.41, 5.74) is 0.811. The van der Waals surface area contributed by atoms with E-state index in [0.29, 0.717) is 17.9 Å². The van der Waals surface area contributed by atoms with Crippen LogP contribution >= 0.6 is 11.8 Å². The molecule has 1 heterocycles. The summed E-state index contributed by atoms with van der Waals surface area (Å²) >= 11 is 1.51. The van der Waals surface area contributed by atoms with Gasteiger partial charge in [-0.25, -0.2) is 0 Å². The summed E-state index contributed by atoms with van der Waals surface area (Å²) in [5, 5.41) is 2.83. The SMILES string of the molecule is O=C(CSCCC(=O)N1CCCC1)Nc1ccccc1. The van der Waals surface area contributed by atoms with Crippen LogP contribution in [0.5, 0.6) is 0 Å². The predicted octanol–water partition coefficient (Wildman–Crippen LogP) is 2.37. The zero-order chi connectivity index (χ0) is 14.2. The zero-order valence-electron chi connectivity index (χ0n) is 11.5. The van der Waals surface area contributed by atoms with Crippen LogP contribution in [-0.2, 0) is 9.59 Å². The molecule has 0 aliphatic carbocycles. The molecular weight excluding hydrogens is 272 g/mol. The Hall–Kier alpha value is -1.49. The first-order chi connectivity index (χ1) is 9.75. The number of amides is 2. The third-order valence-corrected chi connectivity index (χ3v) is 4.17. The molecule has 108 valence electrons. The van der Waals surface area contributed by atoms with Gasteiger partial charge in [-0.1, -0.05) is 18.2 Å². The first-order valence-electron chi connectivity index (χ1n) is 6.96. The molecule has 0 spiro atoms. The summed E-state index contributed by atoms with van der Waals surface area (Å²) in [6.07, 6.45) is 2.78. The smallest absolute Gasteiger partial charge is 0.234 e. The van der Waals surface area contributed by atoms with Crippen molar-refractivity contribution in [1.82, 2.24) is 4.90 Å². The largest absolute Gasteiger partial charge is 0.343 e. The number of rotatable bonds is 6. The molecule has 1 aromatic rings. The molecule has 1 saturated heterocycles. The fourth-order valence-corrected chi connectivity index (χ4v) is 2.89. The number of anilines is 1. The number of thioether (sulfide) groups is 1. The number of carbonyl (C=O) groups is 2. The van der Waals surface area contributed by atoms with Crippen LogP contribution in [0.3, 0.4) is 0 Å². The standard InChI is InChI=1S/C15H20N2O2S/c18-14(16-13-6-2-1-3-7-13)12-20-11-8-15(19)17-9-4-5-10-17/h1-3,6-7H,4-5,8-12H2,(H,16,18). The number of likely N-dealkylation sites (tertiary alicyclic amines) is 1. The second-order valence-electron chi connectivity index (χ2n) is 4.80. The summed E-state index contributed by atoms with van der Waals surface area (Å²) in [7, 11) is 0. The van der Waals surface area contributed by atoms with Crippen molar-refractivity contribution in [2.24, 2.45) is 0 Å². The van der Waals surface area contributed by atoms with Gasteiger partial charge < -0.3 is 10.2 Å². The number of hydrogen-bond donors (Lipinski definition) is 1. The highest BCUT2D eigenvalue weighted by Gasteiger charge is 2.17. The molecule has 2 amide bonds. The average Bonchev–Trinajstić information content (AvgIpc) is 2.99. The van der Waals surface area contributed by atoms with Gasteiger partial charge in [0.15, 0.2) is 0 Å². The zero-order valence-corrected chi connectivity index (χ0v) is 12.3. The summed E-state index contributed by atoms with van der Waals surface area (Å²) in [4.78, 5) is 25.4. The van der Waals surface area contributed by atoms with E-state index in [4.69, 9.17) is 0 Å². The van der Waals surface area contributed by atoms with E-state index in [1.807, 2.05) is 35.2 Å². The number of carbonyl (C=O) groups excluding carboxylic acids is 2. The van der Waals surface area contributed by atoms with Crippen molar-refractivity contribution >= 4 is 29.3 Å². The van der Waals surface area contributed by atoms with E-state index in [2.05, 4.69) is 5.32 Å². The van der Waals surface area contributed by atoms with Gasteiger partial charge in [-0.05, 0) is 25.0 Å². The molecule has 1 N–H and O–H groups in total. The molecule has 0 radical (unpaired) electrons. The molecular formula is C15H20N2O2S. The van der Waals surface area contributed by atoms with Crippen molar-refractivity contribution in [2.75, 3.05) is 29.9 Å². The maximum Gasteiger partial charge on any atom is 0.234 e. The Kier molecular flexibility index (Phi) is 5.92. The van der Waals surface area contributed by atoms with Crippen molar-refractivity contribution < 1.29 is 9.59 Å². The van der Waals surface area contributed by atoms with Gasteiger partial charge in [0.25, 0.3) is 0 Å². The van der Waals surface area contributed by atoms with Crippen LogP contribution in [0.25, 0.3) is 0 Å². The van der Waals surface area contributed by atoms with Gasteiger partial charge >= 0.3 is 0 Å². The molecule has 0 atom stereocenters. The fourth-order valence-electron chi connectivity index (χ4n) is 2.17. The van der Waals surface area contributed by atoms with Crippen LogP contribution in [0.15, 0.2) is 30.3 Å². The number of nitrogens with one attached hydrogen (secondary N) is 1. The first kappa shape index (κ1) is 14.9. The minimum atomic E-state index is -0.0187. The predicted molar refractivity (Wildman–Crippen MR) is 82.8 cm³/mol. The number of para-hydroxylation sites is 1. The van der Waals surface area contributed by atoms with Crippen LogP contribution in [0.2, 0.25) is 0 Å². The van der Waals surface area contributed by atoms with E-state index in [-0.39, 0.29) is 11.8 Å². The van der Waals surface area contributed by atoms with Crippen molar-refractivity contribution in [1.29, 1.82) is 0 Å². The van der Waals surface area contributed by atoms with Crippen LogP contribution in [0.4, 0.5) is 5.69 Å². The molecule has 5 heteroatoms. The van der Waals surface area contributed by atoms with Crippen molar-refractivity contribution in [3.8, 4) is 0 Å².